The van der Waals surface area contributed by atoms with Gasteiger partial charge in [0.25, 0.3) is 0 Å². The van der Waals surface area contributed by atoms with Crippen LogP contribution >= 0.6 is 0 Å². The Bertz CT molecular complexity index is 587. The van der Waals surface area contributed by atoms with Gasteiger partial charge < -0.3 is 5.73 Å². The molecule has 0 bridgehead atoms. The van der Waals surface area contributed by atoms with Gasteiger partial charge in [0.2, 0.25) is 10.0 Å². The van der Waals surface area contributed by atoms with E-state index in [9.17, 15) is 17.2 Å². The first-order chi connectivity index (χ1) is 9.79. The quantitative estimate of drug-likeness (QED) is 0.786. The fourth-order valence-corrected chi connectivity index (χ4v) is 3.72. The summed E-state index contributed by atoms with van der Waals surface area (Å²) < 4.78 is 53.4. The highest BCUT2D eigenvalue weighted by Crippen LogP contribution is 2.26. The molecule has 0 fully saturated rings. The van der Waals surface area contributed by atoms with E-state index in [1.54, 1.807) is 6.92 Å². The van der Waals surface area contributed by atoms with Crippen LogP contribution in [0.3, 0.4) is 0 Å². The second-order valence-electron chi connectivity index (χ2n) is 4.91. The van der Waals surface area contributed by atoms with E-state index in [1.807, 2.05) is 13.8 Å². The molecule has 0 aliphatic rings. The van der Waals surface area contributed by atoms with E-state index in [-0.39, 0.29) is 12.5 Å². The summed E-state index contributed by atoms with van der Waals surface area (Å²) in [6, 6.07) is 1.79. The summed E-state index contributed by atoms with van der Waals surface area (Å²) in [6.45, 7) is 6.17. The molecule has 0 aliphatic carbocycles. The van der Waals surface area contributed by atoms with Gasteiger partial charge in [-0.3, -0.25) is 0 Å². The molecule has 0 aromatic heterocycles. The molecule has 0 amide bonds. The maximum atomic E-state index is 14.0. The van der Waals surface area contributed by atoms with Crippen LogP contribution in [0, 0.1) is 17.6 Å². The Balaban J connectivity index is 3.22. The van der Waals surface area contributed by atoms with Crippen molar-refractivity contribution in [3.05, 3.63) is 23.8 Å². The van der Waals surface area contributed by atoms with Crippen LogP contribution in [-0.4, -0.2) is 25.8 Å². The smallest absolute Gasteiger partial charge is 0.246 e. The number of benzene rings is 1. The molecule has 0 radical (unpaired) electrons. The van der Waals surface area contributed by atoms with E-state index >= 15 is 0 Å². The van der Waals surface area contributed by atoms with Gasteiger partial charge in [-0.05, 0) is 18.1 Å². The third-order valence-electron chi connectivity index (χ3n) is 3.68. The number of nitrogens with zero attached hydrogens (tertiary/aromatic N) is 1. The first kappa shape index (κ1) is 17.8. The Morgan fingerprint density at radius 3 is 2.24 bits per heavy atom. The lowest BCUT2D eigenvalue weighted by Gasteiger charge is -2.25. The van der Waals surface area contributed by atoms with Gasteiger partial charge in [0.1, 0.15) is 16.4 Å². The maximum Gasteiger partial charge on any atom is 0.246 e. The number of anilines is 1. The zero-order valence-electron chi connectivity index (χ0n) is 12.6. The van der Waals surface area contributed by atoms with Gasteiger partial charge >= 0.3 is 0 Å². The second-order valence-corrected chi connectivity index (χ2v) is 6.82. The van der Waals surface area contributed by atoms with Crippen molar-refractivity contribution >= 4 is 15.7 Å². The monoisotopic (exact) mass is 320 g/mol. The number of hydrogen-bond donors (Lipinski definition) is 1. The van der Waals surface area contributed by atoms with Crippen LogP contribution < -0.4 is 5.73 Å². The summed E-state index contributed by atoms with van der Waals surface area (Å²) in [5, 5.41) is 0. The van der Waals surface area contributed by atoms with E-state index in [0.717, 1.165) is 25.0 Å². The molecule has 0 heterocycles. The average Bonchev–Trinajstić information content (AvgIpc) is 2.45. The zero-order valence-corrected chi connectivity index (χ0v) is 13.4. The van der Waals surface area contributed by atoms with E-state index < -0.39 is 32.2 Å². The van der Waals surface area contributed by atoms with Crippen LogP contribution in [0.1, 0.15) is 33.6 Å². The fourth-order valence-electron chi connectivity index (χ4n) is 2.12. The van der Waals surface area contributed by atoms with Crippen molar-refractivity contribution in [2.45, 2.75) is 38.5 Å². The molecule has 0 atom stereocenters. The van der Waals surface area contributed by atoms with E-state index in [4.69, 9.17) is 5.73 Å². The zero-order chi connectivity index (χ0) is 16.2. The van der Waals surface area contributed by atoms with E-state index in [1.165, 1.54) is 4.31 Å². The average molecular weight is 320 g/mol. The SMILES string of the molecule is CCC(CC)CN(CC)S(=O)(=O)c1ccc(F)c(N)c1F. The molecule has 1 aromatic carbocycles. The molecule has 0 saturated heterocycles. The molecule has 4 nitrogen and oxygen atoms in total. The van der Waals surface area contributed by atoms with Gasteiger partial charge in [0.15, 0.2) is 5.82 Å². The predicted octanol–water partition coefficient (Wildman–Crippen LogP) is 2.99. The lowest BCUT2D eigenvalue weighted by atomic mass is 10.0. The molecule has 0 spiro atoms. The minimum atomic E-state index is -4.02. The molecule has 7 heteroatoms. The molecule has 21 heavy (non-hydrogen) atoms. The van der Waals surface area contributed by atoms with Crippen LogP contribution in [0.2, 0.25) is 0 Å². The first-order valence-electron chi connectivity index (χ1n) is 7.03. The van der Waals surface area contributed by atoms with Crippen LogP contribution in [0.15, 0.2) is 17.0 Å². The molecule has 1 aromatic rings. The molecular formula is C14H22F2N2O2S. The van der Waals surface area contributed by atoms with Crippen molar-refractivity contribution < 1.29 is 17.2 Å². The lowest BCUT2D eigenvalue weighted by molar-refractivity contribution is 0.338. The molecule has 0 unspecified atom stereocenters. The number of sulfonamides is 1. The summed E-state index contributed by atoms with van der Waals surface area (Å²) in [4.78, 5) is -0.575. The third kappa shape index (κ3) is 3.71. The standard InChI is InChI=1S/C14H22F2N2O2S/c1-4-10(5-2)9-18(6-3)21(19,20)12-8-7-11(15)14(17)13(12)16/h7-8,10H,4-6,9,17H2,1-3H3. The van der Waals surface area contributed by atoms with E-state index in [2.05, 4.69) is 0 Å². The van der Waals surface area contributed by atoms with Crippen molar-refractivity contribution in [1.82, 2.24) is 4.31 Å². The summed E-state index contributed by atoms with van der Waals surface area (Å²) in [6.07, 6.45) is 1.66. The number of hydrogen-bond acceptors (Lipinski definition) is 3. The number of halogens is 2. The number of nitrogen functional groups attached to an aromatic ring is 1. The van der Waals surface area contributed by atoms with Gasteiger partial charge in [-0.25, -0.2) is 17.2 Å². The highest BCUT2D eigenvalue weighted by atomic mass is 32.2. The van der Waals surface area contributed by atoms with E-state index in [0.29, 0.717) is 6.54 Å². The Kier molecular flexibility index (Phi) is 6.10. The highest BCUT2D eigenvalue weighted by Gasteiger charge is 2.29. The summed E-state index contributed by atoms with van der Waals surface area (Å²) >= 11 is 0. The first-order valence-corrected chi connectivity index (χ1v) is 8.47. The molecule has 1 rings (SSSR count). The number of rotatable bonds is 7. The van der Waals surface area contributed by atoms with Crippen molar-refractivity contribution in [2.24, 2.45) is 5.92 Å². The minimum absolute atomic E-state index is 0.195. The largest absolute Gasteiger partial charge is 0.394 e. The molecular weight excluding hydrogens is 298 g/mol. The van der Waals surface area contributed by atoms with Crippen LogP contribution in [0.25, 0.3) is 0 Å². The van der Waals surface area contributed by atoms with Gasteiger partial charge in [0.05, 0.1) is 0 Å². The second kappa shape index (κ2) is 7.17. The highest BCUT2D eigenvalue weighted by molar-refractivity contribution is 7.89. The summed E-state index contributed by atoms with van der Waals surface area (Å²) in [7, 11) is -4.02. The maximum absolute atomic E-state index is 14.0. The van der Waals surface area contributed by atoms with Gasteiger partial charge in [0, 0.05) is 13.1 Å². The van der Waals surface area contributed by atoms with Crippen molar-refractivity contribution in [2.75, 3.05) is 18.8 Å². The van der Waals surface area contributed by atoms with Gasteiger partial charge in [-0.15, -0.1) is 0 Å². The molecule has 2 N–H and O–H groups in total. The Morgan fingerprint density at radius 2 is 1.76 bits per heavy atom. The van der Waals surface area contributed by atoms with Crippen molar-refractivity contribution in [1.29, 1.82) is 0 Å². The molecule has 0 aliphatic heterocycles. The third-order valence-corrected chi connectivity index (χ3v) is 5.64. The van der Waals surface area contributed by atoms with Crippen LogP contribution in [0.4, 0.5) is 14.5 Å². The van der Waals surface area contributed by atoms with Gasteiger partial charge in [-0.2, -0.15) is 4.31 Å². The predicted molar refractivity (Wildman–Crippen MR) is 79.3 cm³/mol. The Labute approximate surface area is 125 Å². The fraction of sp³-hybridized carbons (Fsp3) is 0.571. The van der Waals surface area contributed by atoms with Gasteiger partial charge in [-0.1, -0.05) is 33.6 Å². The topological polar surface area (TPSA) is 63.4 Å². The number of nitrogens with two attached hydrogens (primary N) is 1. The van der Waals surface area contributed by atoms with Crippen LogP contribution in [0.5, 0.6) is 0 Å². The summed E-state index contributed by atoms with van der Waals surface area (Å²) in [5.74, 6) is -1.99. The molecule has 0 saturated carbocycles. The normalized spacial score (nSPS) is 12.3. The summed E-state index contributed by atoms with van der Waals surface area (Å²) in [5.41, 5.74) is 4.47. The Hall–Kier alpha value is -1.21. The lowest BCUT2D eigenvalue weighted by Crippen LogP contribution is -2.35. The molecule has 120 valence electrons. The minimum Gasteiger partial charge on any atom is -0.394 e. The van der Waals surface area contributed by atoms with Crippen molar-refractivity contribution in [3.63, 3.8) is 0 Å². The van der Waals surface area contributed by atoms with Crippen molar-refractivity contribution in [3.8, 4) is 0 Å². The Morgan fingerprint density at radius 1 is 1.19 bits per heavy atom. The van der Waals surface area contributed by atoms with Crippen LogP contribution in [-0.2, 0) is 10.0 Å².